The van der Waals surface area contributed by atoms with Crippen LogP contribution in [0.25, 0.3) is 22.4 Å². The van der Waals surface area contributed by atoms with E-state index in [0.717, 1.165) is 5.56 Å². The van der Waals surface area contributed by atoms with Gasteiger partial charge in [-0.3, -0.25) is 29.6 Å². The van der Waals surface area contributed by atoms with Gasteiger partial charge in [-0.05, 0) is 12.1 Å². The number of hydrogen-bond donors (Lipinski definition) is 2. The number of carbonyl (C=O) groups excluding carboxylic acids is 4. The highest BCUT2D eigenvalue weighted by molar-refractivity contribution is 6.17. The Kier molecular flexibility index (Phi) is 4.00. The van der Waals surface area contributed by atoms with Gasteiger partial charge < -0.3 is 0 Å². The first-order valence-corrected chi connectivity index (χ1v) is 8.26. The minimum absolute atomic E-state index is 0.384. The number of imidazole rings is 1. The van der Waals surface area contributed by atoms with Gasteiger partial charge in [0.05, 0.1) is 11.0 Å². The number of para-hydroxylation sites is 2. The van der Waals surface area contributed by atoms with Crippen LogP contribution in [-0.4, -0.2) is 33.3 Å². The topological polar surface area (TPSA) is 110 Å². The Balaban J connectivity index is 1.76. The number of fused-ring (bicyclic) bond motifs is 1. The molecule has 1 aromatic heterocycles. The summed E-state index contributed by atoms with van der Waals surface area (Å²) in [7, 11) is 0. The first-order chi connectivity index (χ1) is 13.0. The molecule has 4 rings (SSSR count). The molecule has 0 spiro atoms. The summed E-state index contributed by atoms with van der Waals surface area (Å²) in [5, 5.41) is 4.01. The van der Waals surface area contributed by atoms with E-state index in [4.69, 9.17) is 0 Å². The zero-order valence-corrected chi connectivity index (χ0v) is 14.0. The van der Waals surface area contributed by atoms with E-state index in [9.17, 15) is 19.2 Å². The Labute approximate surface area is 153 Å². The molecule has 27 heavy (non-hydrogen) atoms. The predicted molar refractivity (Wildman–Crippen MR) is 95.6 cm³/mol. The van der Waals surface area contributed by atoms with Crippen molar-refractivity contribution >= 4 is 34.8 Å². The number of rotatable bonds is 3. The summed E-state index contributed by atoms with van der Waals surface area (Å²) >= 11 is 0. The van der Waals surface area contributed by atoms with E-state index in [1.165, 1.54) is 4.57 Å². The van der Waals surface area contributed by atoms with E-state index in [0.29, 0.717) is 16.9 Å². The molecule has 0 atom stereocenters. The average Bonchev–Trinajstić information content (AvgIpc) is 3.05. The van der Waals surface area contributed by atoms with Gasteiger partial charge in [0.15, 0.2) is 0 Å². The first-order valence-electron chi connectivity index (χ1n) is 8.26. The fraction of sp³-hybridized carbons (Fsp3) is 0.105. The number of amides is 4. The minimum Gasteiger partial charge on any atom is -0.277 e. The summed E-state index contributed by atoms with van der Waals surface area (Å²) in [5.41, 5.74) is 1.93. The van der Waals surface area contributed by atoms with Crippen LogP contribution in [0.1, 0.15) is 11.2 Å². The zero-order chi connectivity index (χ0) is 19.0. The van der Waals surface area contributed by atoms with Gasteiger partial charge in [0.2, 0.25) is 17.7 Å². The maximum Gasteiger partial charge on any atom is 0.328 e. The highest BCUT2D eigenvalue weighted by atomic mass is 16.2. The molecule has 2 N–H and O–H groups in total. The molecule has 2 aromatic carbocycles. The van der Waals surface area contributed by atoms with E-state index in [1.807, 2.05) is 47.0 Å². The Morgan fingerprint density at radius 3 is 2.26 bits per heavy atom. The van der Waals surface area contributed by atoms with Crippen molar-refractivity contribution in [2.45, 2.75) is 6.42 Å². The Hall–Kier alpha value is -3.81. The molecule has 1 fully saturated rings. The molecule has 2 heterocycles. The van der Waals surface area contributed by atoms with Gasteiger partial charge in [-0.25, -0.2) is 9.78 Å². The molecule has 0 bridgehead atoms. The lowest BCUT2D eigenvalue weighted by atomic mass is 10.0. The number of barbiturate groups is 1. The highest BCUT2D eigenvalue weighted by Gasteiger charge is 2.36. The number of nitrogens with one attached hydrogen (secondary N) is 2. The maximum absolute atomic E-state index is 13.0. The molecule has 8 heteroatoms. The van der Waals surface area contributed by atoms with Crippen molar-refractivity contribution < 1.29 is 19.2 Å². The van der Waals surface area contributed by atoms with Gasteiger partial charge in [-0.15, -0.1) is 0 Å². The molecule has 3 aromatic rings. The predicted octanol–water partition coefficient (Wildman–Crippen LogP) is 1.72. The third kappa shape index (κ3) is 2.97. The van der Waals surface area contributed by atoms with Crippen LogP contribution in [0.15, 0.2) is 54.6 Å². The van der Waals surface area contributed by atoms with Crippen molar-refractivity contribution in [2.75, 3.05) is 0 Å². The summed E-state index contributed by atoms with van der Waals surface area (Å²) in [5.74, 6) is -2.90. The Bertz CT molecular complexity index is 1070. The number of benzene rings is 2. The van der Waals surface area contributed by atoms with Crippen LogP contribution in [0.5, 0.6) is 0 Å². The summed E-state index contributed by atoms with van der Waals surface area (Å²) in [6.45, 7) is 0. The van der Waals surface area contributed by atoms with Crippen LogP contribution < -0.4 is 10.6 Å². The van der Waals surface area contributed by atoms with Crippen LogP contribution in [0.2, 0.25) is 0 Å². The minimum atomic E-state index is -1.28. The number of aromatic nitrogens is 2. The lowest BCUT2D eigenvalue weighted by Crippen LogP contribution is -2.56. The third-order valence-electron chi connectivity index (χ3n) is 4.33. The third-order valence-corrected chi connectivity index (χ3v) is 4.33. The van der Waals surface area contributed by atoms with Gasteiger partial charge in [0.25, 0.3) is 0 Å². The average molecular weight is 362 g/mol. The number of nitrogens with zero attached hydrogens (tertiary/aromatic N) is 2. The van der Waals surface area contributed by atoms with Crippen LogP contribution >= 0.6 is 0 Å². The summed E-state index contributed by atoms with van der Waals surface area (Å²) in [4.78, 5) is 52.7. The lowest BCUT2D eigenvalue weighted by molar-refractivity contribution is -0.135. The number of urea groups is 1. The fourth-order valence-corrected chi connectivity index (χ4v) is 3.06. The molecule has 0 saturated carbocycles. The molecule has 1 saturated heterocycles. The van der Waals surface area contributed by atoms with Crippen molar-refractivity contribution in [3.8, 4) is 11.4 Å². The molecular weight excluding hydrogens is 348 g/mol. The SMILES string of the molecule is O=C1NC(=O)C(CC(=O)n2c(-c3ccccc3)nc3ccccc32)C(=O)N1. The molecule has 0 aliphatic carbocycles. The Morgan fingerprint density at radius 2 is 1.56 bits per heavy atom. The summed E-state index contributed by atoms with van der Waals surface area (Å²) < 4.78 is 1.40. The quantitative estimate of drug-likeness (QED) is 0.689. The standard InChI is InChI=1S/C19H14N4O4/c24-15(10-12-17(25)21-19(27)22-18(12)26)23-14-9-5-4-8-13(14)20-16(23)11-6-2-1-3-7-11/h1-9,12H,10H2,(H2,21,22,25,26,27). The molecule has 1 aliphatic rings. The monoisotopic (exact) mass is 362 g/mol. The molecule has 134 valence electrons. The molecule has 8 nitrogen and oxygen atoms in total. The zero-order valence-electron chi connectivity index (χ0n) is 14.0. The lowest BCUT2D eigenvalue weighted by Gasteiger charge is -2.20. The van der Waals surface area contributed by atoms with Gasteiger partial charge in [0, 0.05) is 12.0 Å². The number of carbonyl (C=O) groups is 4. The molecule has 0 radical (unpaired) electrons. The van der Waals surface area contributed by atoms with Gasteiger partial charge in [0.1, 0.15) is 11.7 Å². The van der Waals surface area contributed by atoms with Crippen molar-refractivity contribution in [2.24, 2.45) is 5.92 Å². The largest absolute Gasteiger partial charge is 0.328 e. The second-order valence-corrected chi connectivity index (χ2v) is 6.08. The highest BCUT2D eigenvalue weighted by Crippen LogP contribution is 2.26. The molecular formula is C19H14N4O4. The van der Waals surface area contributed by atoms with Gasteiger partial charge in [-0.2, -0.15) is 0 Å². The molecule has 4 amide bonds. The van der Waals surface area contributed by atoms with E-state index in [-0.39, 0.29) is 6.42 Å². The van der Waals surface area contributed by atoms with Crippen molar-refractivity contribution in [1.82, 2.24) is 20.2 Å². The van der Waals surface area contributed by atoms with Crippen LogP contribution in [0, 0.1) is 5.92 Å². The number of hydrogen-bond acceptors (Lipinski definition) is 5. The van der Waals surface area contributed by atoms with E-state index in [1.54, 1.807) is 18.2 Å². The molecule has 1 aliphatic heterocycles. The van der Waals surface area contributed by atoms with E-state index < -0.39 is 29.7 Å². The van der Waals surface area contributed by atoms with E-state index >= 15 is 0 Å². The Morgan fingerprint density at radius 1 is 0.926 bits per heavy atom. The fourth-order valence-electron chi connectivity index (χ4n) is 3.06. The second-order valence-electron chi connectivity index (χ2n) is 6.08. The van der Waals surface area contributed by atoms with Crippen molar-refractivity contribution in [3.63, 3.8) is 0 Å². The van der Waals surface area contributed by atoms with Gasteiger partial charge >= 0.3 is 6.03 Å². The number of imide groups is 2. The van der Waals surface area contributed by atoms with Crippen molar-refractivity contribution in [1.29, 1.82) is 0 Å². The van der Waals surface area contributed by atoms with Crippen molar-refractivity contribution in [3.05, 3.63) is 54.6 Å². The summed E-state index contributed by atoms with van der Waals surface area (Å²) in [6.07, 6.45) is -0.384. The molecule has 0 unspecified atom stereocenters. The maximum atomic E-state index is 13.0. The smallest absolute Gasteiger partial charge is 0.277 e. The normalized spacial score (nSPS) is 14.9. The van der Waals surface area contributed by atoms with E-state index in [2.05, 4.69) is 4.98 Å². The van der Waals surface area contributed by atoms with Crippen LogP contribution in [0.3, 0.4) is 0 Å². The second kappa shape index (κ2) is 6.49. The first kappa shape index (κ1) is 16.6. The summed E-state index contributed by atoms with van der Waals surface area (Å²) in [6, 6.07) is 15.4. The van der Waals surface area contributed by atoms with Gasteiger partial charge in [-0.1, -0.05) is 42.5 Å². The van der Waals surface area contributed by atoms with Crippen LogP contribution in [0.4, 0.5) is 4.79 Å². The van der Waals surface area contributed by atoms with Crippen LogP contribution in [-0.2, 0) is 9.59 Å².